The van der Waals surface area contributed by atoms with Crippen molar-refractivity contribution in [2.45, 2.75) is 20.3 Å². The number of rotatable bonds is 11. The number of nitrogens with zero attached hydrogens (tertiary/aromatic N) is 1. The van der Waals surface area contributed by atoms with E-state index in [1.54, 1.807) is 36.4 Å². The third-order valence-corrected chi connectivity index (χ3v) is 7.20. The van der Waals surface area contributed by atoms with Crippen molar-refractivity contribution in [3.63, 3.8) is 0 Å². The molecule has 2 N–H and O–H groups in total. The van der Waals surface area contributed by atoms with Crippen LogP contribution in [0.15, 0.2) is 71.6 Å². The lowest BCUT2D eigenvalue weighted by molar-refractivity contribution is -0.127. The van der Waals surface area contributed by atoms with Crippen LogP contribution in [-0.2, 0) is 19.1 Å². The molecule has 10 nitrogen and oxygen atoms in total. The molecular formula is C31H28ClN3O7S. The van der Waals surface area contributed by atoms with E-state index in [0.717, 1.165) is 10.5 Å². The van der Waals surface area contributed by atoms with Crippen LogP contribution in [0.3, 0.4) is 0 Å². The molecule has 4 rings (SSSR count). The zero-order valence-corrected chi connectivity index (χ0v) is 24.9. The molecule has 0 saturated carbocycles. The molecule has 0 unspecified atom stereocenters. The first-order chi connectivity index (χ1) is 20.6. The molecule has 12 heteroatoms. The highest BCUT2D eigenvalue weighted by Crippen LogP contribution is 2.32. The maximum atomic E-state index is 12.9. The molecule has 0 radical (unpaired) electrons. The average molecular weight is 622 g/mol. The van der Waals surface area contributed by atoms with Crippen molar-refractivity contribution in [3.05, 3.63) is 93.3 Å². The van der Waals surface area contributed by atoms with Crippen LogP contribution in [-0.4, -0.2) is 53.6 Å². The van der Waals surface area contributed by atoms with E-state index in [1.165, 1.54) is 24.3 Å². The summed E-state index contributed by atoms with van der Waals surface area (Å²) < 4.78 is 10.6. The summed E-state index contributed by atoms with van der Waals surface area (Å²) >= 11 is 6.81. The van der Waals surface area contributed by atoms with E-state index >= 15 is 0 Å². The van der Waals surface area contributed by atoms with Crippen molar-refractivity contribution in [1.82, 2.24) is 4.90 Å². The molecule has 222 valence electrons. The summed E-state index contributed by atoms with van der Waals surface area (Å²) in [5.41, 5.74) is 2.72. The fraction of sp³-hybridized carbons (Fsp3) is 0.194. The van der Waals surface area contributed by atoms with Crippen LogP contribution >= 0.6 is 23.4 Å². The van der Waals surface area contributed by atoms with Gasteiger partial charge in [-0.1, -0.05) is 48.4 Å². The molecule has 0 atom stereocenters. The van der Waals surface area contributed by atoms with Crippen LogP contribution in [0.4, 0.5) is 16.2 Å². The van der Waals surface area contributed by atoms with E-state index in [2.05, 4.69) is 10.6 Å². The number of aryl methyl sites for hydroxylation is 1. The Morgan fingerprint density at radius 1 is 0.930 bits per heavy atom. The van der Waals surface area contributed by atoms with Gasteiger partial charge in [-0.25, -0.2) is 4.79 Å². The Balaban J connectivity index is 1.31. The number of benzene rings is 3. The van der Waals surface area contributed by atoms with E-state index in [9.17, 15) is 24.0 Å². The number of amides is 4. The highest BCUT2D eigenvalue weighted by molar-refractivity contribution is 8.18. The summed E-state index contributed by atoms with van der Waals surface area (Å²) in [5.74, 6) is -1.73. The molecule has 0 aliphatic carbocycles. The van der Waals surface area contributed by atoms with Crippen LogP contribution < -0.4 is 15.4 Å². The zero-order valence-electron chi connectivity index (χ0n) is 23.3. The molecule has 0 spiro atoms. The summed E-state index contributed by atoms with van der Waals surface area (Å²) in [6, 6.07) is 18.3. The van der Waals surface area contributed by atoms with Gasteiger partial charge in [-0.05, 0) is 79.2 Å². The number of hydrogen-bond donors (Lipinski definition) is 2. The van der Waals surface area contributed by atoms with E-state index in [0.29, 0.717) is 35.2 Å². The van der Waals surface area contributed by atoms with E-state index in [-0.39, 0.29) is 40.3 Å². The lowest BCUT2D eigenvalue weighted by atomic mass is 10.2. The van der Waals surface area contributed by atoms with E-state index in [1.807, 2.05) is 26.0 Å². The monoisotopic (exact) mass is 621 g/mol. The van der Waals surface area contributed by atoms with Crippen LogP contribution in [0.25, 0.3) is 6.08 Å². The van der Waals surface area contributed by atoms with Gasteiger partial charge in [0.2, 0.25) is 5.91 Å². The maximum absolute atomic E-state index is 12.9. The molecule has 0 aromatic heterocycles. The molecule has 1 heterocycles. The second-order valence-electron chi connectivity index (χ2n) is 9.42. The normalized spacial score (nSPS) is 13.7. The lowest BCUT2D eigenvalue weighted by Crippen LogP contribution is -2.36. The van der Waals surface area contributed by atoms with Crippen molar-refractivity contribution < 1.29 is 33.4 Å². The predicted octanol–water partition coefficient (Wildman–Crippen LogP) is 5.91. The molecule has 4 amide bonds. The van der Waals surface area contributed by atoms with Gasteiger partial charge in [-0.15, -0.1) is 0 Å². The van der Waals surface area contributed by atoms with Gasteiger partial charge in [0.15, 0.2) is 6.61 Å². The number of esters is 1. The van der Waals surface area contributed by atoms with Crippen LogP contribution in [0.1, 0.15) is 34.8 Å². The quantitative estimate of drug-likeness (QED) is 0.200. The molecule has 3 aromatic carbocycles. The minimum atomic E-state index is -0.633. The summed E-state index contributed by atoms with van der Waals surface area (Å²) in [4.78, 5) is 63.4. The molecular weight excluding hydrogens is 594 g/mol. The smallest absolute Gasteiger partial charge is 0.339 e. The van der Waals surface area contributed by atoms with Crippen molar-refractivity contribution in [1.29, 1.82) is 0 Å². The van der Waals surface area contributed by atoms with E-state index < -0.39 is 29.6 Å². The van der Waals surface area contributed by atoms with Gasteiger partial charge < -0.3 is 20.1 Å². The van der Waals surface area contributed by atoms with Crippen molar-refractivity contribution in [3.8, 4) is 5.75 Å². The largest absolute Gasteiger partial charge is 0.484 e. The van der Waals surface area contributed by atoms with Gasteiger partial charge in [0, 0.05) is 11.4 Å². The van der Waals surface area contributed by atoms with Crippen LogP contribution in [0.2, 0.25) is 5.02 Å². The fourth-order valence-electron chi connectivity index (χ4n) is 3.81. The second kappa shape index (κ2) is 14.5. The number of anilines is 2. The Bertz CT molecular complexity index is 1570. The molecule has 1 aliphatic rings. The van der Waals surface area contributed by atoms with Gasteiger partial charge in [-0.3, -0.25) is 24.1 Å². The number of carbonyl (C=O) groups excluding carboxylic acids is 5. The van der Waals surface area contributed by atoms with Gasteiger partial charge in [0.1, 0.15) is 12.3 Å². The first-order valence-corrected chi connectivity index (χ1v) is 14.4. The summed E-state index contributed by atoms with van der Waals surface area (Å²) in [6.45, 7) is 3.34. The molecule has 3 aromatic rings. The average Bonchev–Trinajstić information content (AvgIpc) is 3.24. The molecule has 43 heavy (non-hydrogen) atoms. The Labute approximate surface area is 257 Å². The van der Waals surface area contributed by atoms with Gasteiger partial charge in [-0.2, -0.15) is 0 Å². The minimum absolute atomic E-state index is 0.0870. The van der Waals surface area contributed by atoms with E-state index in [4.69, 9.17) is 21.1 Å². The molecule has 1 aliphatic heterocycles. The number of ether oxygens (including phenoxy) is 2. The third kappa shape index (κ3) is 8.69. The Morgan fingerprint density at radius 2 is 1.60 bits per heavy atom. The Hall–Kier alpha value is -4.61. The van der Waals surface area contributed by atoms with Crippen LogP contribution in [0, 0.1) is 6.92 Å². The van der Waals surface area contributed by atoms with Gasteiger partial charge in [0.05, 0.1) is 22.1 Å². The SMILES string of the molecule is CCCOC(=O)c1cc(NC(=O)CN2C(=O)S/C(=C/c3ccc(OCC(=O)Nc4ccc(C)cc4)cc3)C2=O)ccc1Cl. The number of imide groups is 1. The predicted molar refractivity (Wildman–Crippen MR) is 165 cm³/mol. The van der Waals surface area contributed by atoms with Gasteiger partial charge >= 0.3 is 5.97 Å². The van der Waals surface area contributed by atoms with Gasteiger partial charge in [0.25, 0.3) is 17.1 Å². The summed E-state index contributed by atoms with van der Waals surface area (Å²) in [6.07, 6.45) is 2.17. The standard InChI is InChI=1S/C31H28ClN3O7S/c1-3-14-41-30(39)24-16-22(10-13-25(24)32)34-27(36)17-35-29(38)26(43-31(35)40)15-20-6-11-23(12-7-20)42-18-28(37)33-21-8-4-19(2)5-9-21/h4-13,15-16H,3,14,17-18H2,1-2H3,(H,33,37)(H,34,36)/b26-15+. The molecule has 1 saturated heterocycles. The van der Waals surface area contributed by atoms with Crippen molar-refractivity contribution in [2.24, 2.45) is 0 Å². The van der Waals surface area contributed by atoms with Crippen molar-refractivity contribution in [2.75, 3.05) is 30.4 Å². The number of halogens is 1. The van der Waals surface area contributed by atoms with Crippen LogP contribution in [0.5, 0.6) is 5.75 Å². The number of carbonyl (C=O) groups is 5. The molecule has 1 fully saturated rings. The first-order valence-electron chi connectivity index (χ1n) is 13.2. The Kier molecular flexibility index (Phi) is 10.6. The lowest BCUT2D eigenvalue weighted by Gasteiger charge is -2.13. The summed E-state index contributed by atoms with van der Waals surface area (Å²) in [5, 5.41) is 4.90. The number of thioether (sulfide) groups is 1. The second-order valence-corrected chi connectivity index (χ2v) is 10.8. The maximum Gasteiger partial charge on any atom is 0.339 e. The first kappa shape index (κ1) is 31.3. The highest BCUT2D eigenvalue weighted by Gasteiger charge is 2.36. The minimum Gasteiger partial charge on any atom is -0.484 e. The number of hydrogen-bond acceptors (Lipinski definition) is 8. The number of nitrogens with one attached hydrogen (secondary N) is 2. The van der Waals surface area contributed by atoms with Crippen molar-refractivity contribution >= 4 is 69.7 Å². The summed E-state index contributed by atoms with van der Waals surface area (Å²) in [7, 11) is 0. The fourth-order valence-corrected chi connectivity index (χ4v) is 4.84. The highest BCUT2D eigenvalue weighted by atomic mass is 35.5. The molecule has 0 bridgehead atoms. The Morgan fingerprint density at radius 3 is 2.30 bits per heavy atom. The topological polar surface area (TPSA) is 131 Å². The third-order valence-electron chi connectivity index (χ3n) is 5.97. The zero-order chi connectivity index (χ0) is 30.9.